The molecule has 0 aromatic heterocycles. The second-order valence-corrected chi connectivity index (χ2v) is 3.65. The maximum atomic E-state index is 11.2. The van der Waals surface area contributed by atoms with Crippen molar-refractivity contribution in [3.63, 3.8) is 0 Å². The van der Waals surface area contributed by atoms with Gasteiger partial charge in [0.05, 0.1) is 0 Å². The summed E-state index contributed by atoms with van der Waals surface area (Å²) in [5.41, 5.74) is 8.32. The van der Waals surface area contributed by atoms with Gasteiger partial charge in [-0.15, -0.1) is 0 Å². The number of halogens is 1. The third-order valence-corrected chi connectivity index (χ3v) is 2.44. The Bertz CT molecular complexity index is 513. The number of hydrogen-bond acceptors (Lipinski definition) is 5. The smallest absolute Gasteiger partial charge is 0.297 e. The summed E-state index contributed by atoms with van der Waals surface area (Å²) in [4.78, 5) is 16.2. The number of hydrogen-bond donors (Lipinski definition) is 2. The van der Waals surface area contributed by atoms with E-state index in [0.29, 0.717) is 5.02 Å². The first-order valence-corrected chi connectivity index (χ1v) is 5.13. The Kier molecular flexibility index (Phi) is 3.24. The van der Waals surface area contributed by atoms with Crippen LogP contribution >= 0.6 is 11.6 Å². The van der Waals surface area contributed by atoms with E-state index in [1.54, 1.807) is 12.1 Å². The summed E-state index contributed by atoms with van der Waals surface area (Å²) >= 11 is 5.92. The van der Waals surface area contributed by atoms with Crippen LogP contribution < -0.4 is 11.2 Å². The fraction of sp³-hybridized carbons (Fsp3) is 0.100. The third-order valence-electron chi connectivity index (χ3n) is 2.07. The number of oxime groups is 1. The van der Waals surface area contributed by atoms with Gasteiger partial charge in [0, 0.05) is 10.6 Å². The maximum Gasteiger partial charge on any atom is 0.297 e. The topological polar surface area (TPSA) is 89.1 Å². The first kappa shape index (κ1) is 11.4. The lowest BCUT2D eigenvalue weighted by molar-refractivity contribution is -0.114. The highest BCUT2D eigenvalue weighted by atomic mass is 35.5. The molecular weight excluding hydrogens is 244 g/mol. The van der Waals surface area contributed by atoms with Gasteiger partial charge in [-0.05, 0) is 6.07 Å². The Morgan fingerprint density at radius 1 is 1.47 bits per heavy atom. The summed E-state index contributed by atoms with van der Waals surface area (Å²) in [7, 11) is 0. The van der Waals surface area contributed by atoms with Crippen molar-refractivity contribution < 1.29 is 9.63 Å². The molecule has 1 heterocycles. The Hall–Kier alpha value is -2.08. The third kappa shape index (κ3) is 2.54. The van der Waals surface area contributed by atoms with E-state index in [-0.39, 0.29) is 18.2 Å². The van der Waals surface area contributed by atoms with Gasteiger partial charge in [-0.3, -0.25) is 4.79 Å². The summed E-state index contributed by atoms with van der Waals surface area (Å²) in [6.45, 7) is 0.156. The Balaban J connectivity index is 2.00. The number of hydrazone groups is 1. The molecule has 1 aromatic rings. The molecule has 0 fully saturated rings. The lowest BCUT2D eigenvalue weighted by Crippen LogP contribution is -2.27. The molecule has 0 saturated carbocycles. The molecule has 1 aliphatic rings. The molecule has 0 spiro atoms. The average molecular weight is 253 g/mol. The molecule has 1 aliphatic heterocycles. The second kappa shape index (κ2) is 4.84. The molecule has 3 N–H and O–H groups in total. The molecule has 2 rings (SSSR count). The van der Waals surface area contributed by atoms with E-state index in [0.717, 1.165) is 5.56 Å². The van der Waals surface area contributed by atoms with Gasteiger partial charge in [0.25, 0.3) is 5.91 Å². The fourth-order valence-electron chi connectivity index (χ4n) is 1.20. The number of nitrogens with zero attached hydrogens (tertiary/aromatic N) is 2. The number of amidine groups is 1. The normalized spacial score (nSPS) is 16.9. The molecule has 6 nitrogen and oxygen atoms in total. The number of rotatable bonds is 3. The number of carbonyl (C=O) groups excluding carboxylic acids is 1. The lowest BCUT2D eigenvalue weighted by Gasteiger charge is -2.02. The van der Waals surface area contributed by atoms with Crippen LogP contribution in [0.25, 0.3) is 0 Å². The highest BCUT2D eigenvalue weighted by Crippen LogP contribution is 2.15. The zero-order valence-corrected chi connectivity index (χ0v) is 9.44. The zero-order valence-electron chi connectivity index (χ0n) is 8.68. The van der Waals surface area contributed by atoms with Gasteiger partial charge < -0.3 is 10.6 Å². The Morgan fingerprint density at radius 3 is 2.88 bits per heavy atom. The van der Waals surface area contributed by atoms with Crippen LogP contribution in [-0.4, -0.2) is 17.5 Å². The van der Waals surface area contributed by atoms with Gasteiger partial charge >= 0.3 is 0 Å². The van der Waals surface area contributed by atoms with Crippen LogP contribution in [0.1, 0.15) is 5.56 Å². The molecule has 0 bridgehead atoms. The van der Waals surface area contributed by atoms with E-state index in [9.17, 15) is 4.79 Å². The van der Waals surface area contributed by atoms with E-state index in [2.05, 4.69) is 15.7 Å². The average Bonchev–Trinajstić information content (AvgIpc) is 2.63. The minimum atomic E-state index is -0.485. The Morgan fingerprint density at radius 2 is 2.24 bits per heavy atom. The zero-order chi connectivity index (χ0) is 12.3. The second-order valence-electron chi connectivity index (χ2n) is 3.24. The first-order chi connectivity index (χ1) is 8.18. The van der Waals surface area contributed by atoms with Gasteiger partial charge in [0.1, 0.15) is 6.61 Å². The Labute approximate surface area is 102 Å². The summed E-state index contributed by atoms with van der Waals surface area (Å²) in [5, 5.41) is 7.69. The minimum absolute atomic E-state index is 0.00848. The van der Waals surface area contributed by atoms with Crippen LogP contribution in [0.4, 0.5) is 0 Å². The number of nitrogens with one attached hydrogen (secondary N) is 1. The molecule has 17 heavy (non-hydrogen) atoms. The molecule has 0 radical (unpaired) electrons. The predicted octanol–water partition coefficient (Wildman–Crippen LogP) is 0.615. The fourth-order valence-corrected chi connectivity index (χ4v) is 1.39. The van der Waals surface area contributed by atoms with E-state index >= 15 is 0 Å². The highest BCUT2D eigenvalue weighted by molar-refractivity contribution is 6.68. The van der Waals surface area contributed by atoms with Crippen molar-refractivity contribution >= 4 is 29.1 Å². The number of nitrogens with two attached hydrogens (primary N) is 1. The summed E-state index contributed by atoms with van der Waals surface area (Å²) in [6.07, 6.45) is 0. The van der Waals surface area contributed by atoms with Crippen molar-refractivity contribution in [2.75, 3.05) is 0 Å². The molecule has 0 saturated heterocycles. The van der Waals surface area contributed by atoms with E-state index < -0.39 is 5.91 Å². The van der Waals surface area contributed by atoms with Crippen LogP contribution in [0, 0.1) is 0 Å². The molecular formula is C10H9ClN4O2. The van der Waals surface area contributed by atoms with Crippen molar-refractivity contribution in [1.29, 1.82) is 0 Å². The quantitative estimate of drug-likeness (QED) is 0.773. The van der Waals surface area contributed by atoms with Gasteiger partial charge in [-0.1, -0.05) is 35.0 Å². The van der Waals surface area contributed by atoms with Gasteiger partial charge in [0.15, 0.2) is 5.84 Å². The lowest BCUT2D eigenvalue weighted by atomic mass is 10.2. The van der Waals surface area contributed by atoms with Crippen molar-refractivity contribution in [3.8, 4) is 0 Å². The van der Waals surface area contributed by atoms with Crippen molar-refractivity contribution in [1.82, 2.24) is 5.43 Å². The largest absolute Gasteiger partial charge is 0.390 e. The number of carbonyl (C=O) groups is 1. The molecule has 88 valence electrons. The summed E-state index contributed by atoms with van der Waals surface area (Å²) in [5.74, 6) is -0.476. The van der Waals surface area contributed by atoms with E-state index in [1.165, 1.54) is 0 Å². The van der Waals surface area contributed by atoms with E-state index in [1.807, 2.05) is 12.1 Å². The molecule has 1 aromatic carbocycles. The maximum absolute atomic E-state index is 11.2. The van der Waals surface area contributed by atoms with Crippen LogP contribution in [0.5, 0.6) is 0 Å². The van der Waals surface area contributed by atoms with Gasteiger partial charge in [0.2, 0.25) is 5.71 Å². The van der Waals surface area contributed by atoms with Gasteiger partial charge in [-0.25, -0.2) is 5.43 Å². The monoisotopic (exact) mass is 252 g/mol. The molecule has 0 atom stereocenters. The highest BCUT2D eigenvalue weighted by Gasteiger charge is 2.22. The van der Waals surface area contributed by atoms with Gasteiger partial charge in [-0.2, -0.15) is 5.10 Å². The van der Waals surface area contributed by atoms with Crippen LogP contribution in [0.15, 0.2) is 34.5 Å². The molecule has 0 aliphatic carbocycles. The number of amides is 1. The first-order valence-electron chi connectivity index (χ1n) is 4.75. The van der Waals surface area contributed by atoms with Crippen LogP contribution in [0.3, 0.4) is 0 Å². The van der Waals surface area contributed by atoms with Crippen molar-refractivity contribution in [2.45, 2.75) is 6.61 Å². The predicted molar refractivity (Wildman–Crippen MR) is 63.4 cm³/mol. The molecule has 1 amide bonds. The van der Waals surface area contributed by atoms with Crippen molar-refractivity contribution in [2.24, 2.45) is 16.0 Å². The molecule has 0 unspecified atom stereocenters. The molecule has 7 heteroatoms. The van der Waals surface area contributed by atoms with Crippen LogP contribution in [-0.2, 0) is 16.2 Å². The summed E-state index contributed by atoms with van der Waals surface area (Å²) < 4.78 is 0. The van der Waals surface area contributed by atoms with Crippen LogP contribution in [0.2, 0.25) is 5.02 Å². The van der Waals surface area contributed by atoms with E-state index in [4.69, 9.17) is 22.2 Å². The SMILES string of the molecule is NC1=NNC(=O)C1=NOCc1ccccc1Cl. The number of benzene rings is 1. The van der Waals surface area contributed by atoms with Crippen molar-refractivity contribution in [3.05, 3.63) is 34.9 Å². The minimum Gasteiger partial charge on any atom is -0.390 e. The summed E-state index contributed by atoms with van der Waals surface area (Å²) in [6, 6.07) is 7.18. The standard InChI is InChI=1S/C10H9ClN4O2/c11-7-4-2-1-3-6(7)5-17-15-8-9(12)13-14-10(8)16/h1-4H,5H2,(H3,12,13,14,15,16).